The van der Waals surface area contributed by atoms with Crippen LogP contribution in [0.1, 0.15) is 18.4 Å². The number of hydrogen-bond donors (Lipinski definition) is 0. The lowest BCUT2D eigenvalue weighted by molar-refractivity contribution is 0.252. The standard InChI is InChI=1S/C13H20ClN3/c1-16(8-9-17-6-2-3-7-17)11-12-4-5-13(14)15-10-12/h4-5,10H,2-3,6-9,11H2,1H3. The molecule has 0 amide bonds. The van der Waals surface area contributed by atoms with Crippen molar-refractivity contribution in [3.05, 3.63) is 29.0 Å². The summed E-state index contributed by atoms with van der Waals surface area (Å²) in [7, 11) is 2.16. The molecular weight excluding hydrogens is 234 g/mol. The Bertz CT molecular complexity index is 333. The Balaban J connectivity index is 1.72. The minimum Gasteiger partial charge on any atom is -0.302 e. The highest BCUT2D eigenvalue weighted by atomic mass is 35.5. The highest BCUT2D eigenvalue weighted by Crippen LogP contribution is 2.09. The molecule has 94 valence electrons. The van der Waals surface area contributed by atoms with Crippen LogP contribution in [-0.4, -0.2) is 48.0 Å². The van der Waals surface area contributed by atoms with Gasteiger partial charge in [0.25, 0.3) is 0 Å². The normalized spacial score (nSPS) is 16.9. The molecule has 1 fully saturated rings. The molecule has 2 heterocycles. The molecule has 0 spiro atoms. The molecule has 0 bridgehead atoms. The molecule has 17 heavy (non-hydrogen) atoms. The first-order valence-corrected chi connectivity index (χ1v) is 6.63. The average molecular weight is 254 g/mol. The topological polar surface area (TPSA) is 19.4 Å². The summed E-state index contributed by atoms with van der Waals surface area (Å²) in [5.41, 5.74) is 1.22. The summed E-state index contributed by atoms with van der Waals surface area (Å²) >= 11 is 5.76. The lowest BCUT2D eigenvalue weighted by atomic mass is 10.3. The Labute approximate surface area is 108 Å². The monoisotopic (exact) mass is 253 g/mol. The maximum Gasteiger partial charge on any atom is 0.129 e. The Hall–Kier alpha value is -0.640. The lowest BCUT2D eigenvalue weighted by Gasteiger charge is -2.21. The molecule has 1 aliphatic rings. The van der Waals surface area contributed by atoms with Crippen molar-refractivity contribution in [1.82, 2.24) is 14.8 Å². The Kier molecular flexibility index (Phi) is 4.77. The van der Waals surface area contributed by atoms with Crippen molar-refractivity contribution in [2.24, 2.45) is 0 Å². The molecule has 1 saturated heterocycles. The predicted molar refractivity (Wildman–Crippen MR) is 71.3 cm³/mol. The second kappa shape index (κ2) is 6.34. The molecule has 1 aliphatic heterocycles. The van der Waals surface area contributed by atoms with Crippen LogP contribution in [0.2, 0.25) is 5.15 Å². The summed E-state index contributed by atoms with van der Waals surface area (Å²) < 4.78 is 0. The summed E-state index contributed by atoms with van der Waals surface area (Å²) in [6, 6.07) is 3.90. The van der Waals surface area contributed by atoms with E-state index in [9.17, 15) is 0 Å². The molecule has 0 N–H and O–H groups in total. The number of aromatic nitrogens is 1. The third-order valence-electron chi connectivity index (χ3n) is 3.24. The van der Waals surface area contributed by atoms with Gasteiger partial charge in [-0.1, -0.05) is 17.7 Å². The fraction of sp³-hybridized carbons (Fsp3) is 0.615. The number of halogens is 1. The molecule has 0 atom stereocenters. The quantitative estimate of drug-likeness (QED) is 0.751. The number of rotatable bonds is 5. The van der Waals surface area contributed by atoms with E-state index in [4.69, 9.17) is 11.6 Å². The van der Waals surface area contributed by atoms with Gasteiger partial charge in [-0.05, 0) is 44.6 Å². The van der Waals surface area contributed by atoms with Crippen LogP contribution in [0.15, 0.2) is 18.3 Å². The van der Waals surface area contributed by atoms with Gasteiger partial charge in [-0.25, -0.2) is 4.98 Å². The summed E-state index contributed by atoms with van der Waals surface area (Å²) in [5.74, 6) is 0. The number of likely N-dealkylation sites (N-methyl/N-ethyl adjacent to an activating group) is 1. The van der Waals surface area contributed by atoms with E-state index >= 15 is 0 Å². The van der Waals surface area contributed by atoms with Gasteiger partial charge in [0.05, 0.1) is 0 Å². The number of hydrogen-bond acceptors (Lipinski definition) is 3. The zero-order valence-corrected chi connectivity index (χ0v) is 11.2. The molecule has 0 aromatic carbocycles. The largest absolute Gasteiger partial charge is 0.302 e. The molecular formula is C13H20ClN3. The van der Waals surface area contributed by atoms with Crippen LogP contribution in [-0.2, 0) is 6.54 Å². The van der Waals surface area contributed by atoms with Crippen LogP contribution >= 0.6 is 11.6 Å². The van der Waals surface area contributed by atoms with Gasteiger partial charge in [-0.2, -0.15) is 0 Å². The van der Waals surface area contributed by atoms with Crippen LogP contribution in [0.3, 0.4) is 0 Å². The van der Waals surface area contributed by atoms with Gasteiger partial charge in [0, 0.05) is 25.8 Å². The van der Waals surface area contributed by atoms with E-state index in [1.54, 1.807) is 0 Å². The summed E-state index contributed by atoms with van der Waals surface area (Å²) in [4.78, 5) is 8.97. The summed E-state index contributed by atoms with van der Waals surface area (Å²) in [6.07, 6.45) is 4.59. The molecule has 0 aliphatic carbocycles. The number of nitrogens with zero attached hydrogens (tertiary/aromatic N) is 3. The molecule has 1 aromatic heterocycles. The van der Waals surface area contributed by atoms with Crippen molar-refractivity contribution in [2.75, 3.05) is 33.2 Å². The zero-order valence-electron chi connectivity index (χ0n) is 10.4. The van der Waals surface area contributed by atoms with E-state index in [1.165, 1.54) is 38.0 Å². The van der Waals surface area contributed by atoms with Crippen molar-refractivity contribution < 1.29 is 0 Å². The first-order valence-electron chi connectivity index (χ1n) is 6.25. The fourth-order valence-electron chi connectivity index (χ4n) is 2.21. The van der Waals surface area contributed by atoms with E-state index in [0.717, 1.165) is 13.1 Å². The molecule has 4 heteroatoms. The SMILES string of the molecule is CN(CCN1CCCC1)Cc1ccc(Cl)nc1. The van der Waals surface area contributed by atoms with Crippen LogP contribution in [0, 0.1) is 0 Å². The van der Waals surface area contributed by atoms with Crippen LogP contribution in [0.25, 0.3) is 0 Å². The smallest absolute Gasteiger partial charge is 0.129 e. The van der Waals surface area contributed by atoms with Gasteiger partial charge in [0.15, 0.2) is 0 Å². The molecule has 1 aromatic rings. The number of pyridine rings is 1. The van der Waals surface area contributed by atoms with Crippen molar-refractivity contribution >= 4 is 11.6 Å². The number of likely N-dealkylation sites (tertiary alicyclic amines) is 1. The maximum absolute atomic E-state index is 5.76. The van der Waals surface area contributed by atoms with Gasteiger partial charge >= 0.3 is 0 Å². The van der Waals surface area contributed by atoms with Crippen LogP contribution in [0.5, 0.6) is 0 Å². The van der Waals surface area contributed by atoms with E-state index in [2.05, 4.69) is 21.8 Å². The zero-order chi connectivity index (χ0) is 12.1. The second-order valence-electron chi connectivity index (χ2n) is 4.78. The second-order valence-corrected chi connectivity index (χ2v) is 5.16. The van der Waals surface area contributed by atoms with Crippen molar-refractivity contribution in [3.63, 3.8) is 0 Å². The lowest BCUT2D eigenvalue weighted by Crippen LogP contribution is -2.31. The van der Waals surface area contributed by atoms with Gasteiger partial charge < -0.3 is 9.80 Å². The molecule has 0 radical (unpaired) electrons. The Morgan fingerprint density at radius 3 is 2.76 bits per heavy atom. The predicted octanol–water partition coefficient (Wildman–Crippen LogP) is 2.26. The van der Waals surface area contributed by atoms with E-state index in [0.29, 0.717) is 5.15 Å². The fourth-order valence-corrected chi connectivity index (χ4v) is 2.32. The third kappa shape index (κ3) is 4.26. The first-order chi connectivity index (χ1) is 8.24. The van der Waals surface area contributed by atoms with Crippen LogP contribution < -0.4 is 0 Å². The molecule has 0 unspecified atom stereocenters. The van der Waals surface area contributed by atoms with Crippen molar-refractivity contribution in [2.45, 2.75) is 19.4 Å². The summed E-state index contributed by atoms with van der Waals surface area (Å²) in [6.45, 7) is 5.78. The van der Waals surface area contributed by atoms with Crippen molar-refractivity contribution in [3.8, 4) is 0 Å². The third-order valence-corrected chi connectivity index (χ3v) is 3.46. The highest BCUT2D eigenvalue weighted by Gasteiger charge is 2.11. The van der Waals surface area contributed by atoms with Gasteiger partial charge in [-0.3, -0.25) is 0 Å². The van der Waals surface area contributed by atoms with E-state index in [1.807, 2.05) is 18.3 Å². The average Bonchev–Trinajstić information content (AvgIpc) is 2.83. The van der Waals surface area contributed by atoms with Gasteiger partial charge in [0.2, 0.25) is 0 Å². The molecule has 0 saturated carbocycles. The summed E-state index contributed by atoms with van der Waals surface area (Å²) in [5, 5.41) is 0.563. The highest BCUT2D eigenvalue weighted by molar-refractivity contribution is 6.29. The maximum atomic E-state index is 5.76. The van der Waals surface area contributed by atoms with Gasteiger partial charge in [-0.15, -0.1) is 0 Å². The van der Waals surface area contributed by atoms with E-state index in [-0.39, 0.29) is 0 Å². The van der Waals surface area contributed by atoms with Crippen molar-refractivity contribution in [1.29, 1.82) is 0 Å². The van der Waals surface area contributed by atoms with Gasteiger partial charge in [0.1, 0.15) is 5.15 Å². The Morgan fingerprint density at radius 2 is 2.12 bits per heavy atom. The minimum absolute atomic E-state index is 0.563. The first kappa shape index (κ1) is 12.8. The van der Waals surface area contributed by atoms with Crippen LogP contribution in [0.4, 0.5) is 0 Å². The molecule has 2 rings (SSSR count). The van der Waals surface area contributed by atoms with E-state index < -0.39 is 0 Å². The molecule has 3 nitrogen and oxygen atoms in total. The minimum atomic E-state index is 0.563. The Morgan fingerprint density at radius 1 is 1.35 bits per heavy atom.